The Balaban J connectivity index is 1.88. The largest absolute Gasteiger partial charge is 0.299 e. The maximum Gasteiger partial charge on any atom is 0.137 e. The van der Waals surface area contributed by atoms with Crippen molar-refractivity contribution in [3.8, 4) is 0 Å². The minimum absolute atomic E-state index is 0.270. The molecule has 2 aromatic rings. The summed E-state index contributed by atoms with van der Waals surface area (Å²) >= 11 is 0. The van der Waals surface area contributed by atoms with Crippen molar-refractivity contribution in [1.29, 1.82) is 0 Å². The van der Waals surface area contributed by atoms with Gasteiger partial charge in [-0.05, 0) is 36.1 Å². The molecule has 1 heterocycles. The molecular formula is C16H17NO. The Labute approximate surface area is 108 Å². The lowest BCUT2D eigenvalue weighted by Gasteiger charge is -2.05. The van der Waals surface area contributed by atoms with E-state index in [4.69, 9.17) is 0 Å². The molecule has 0 N–H and O–H groups in total. The van der Waals surface area contributed by atoms with Gasteiger partial charge in [-0.3, -0.25) is 9.78 Å². The molecule has 0 aliphatic carbocycles. The van der Waals surface area contributed by atoms with E-state index in [1.807, 2.05) is 24.3 Å². The van der Waals surface area contributed by atoms with Gasteiger partial charge < -0.3 is 0 Å². The first kappa shape index (κ1) is 12.5. The van der Waals surface area contributed by atoms with Crippen molar-refractivity contribution >= 4 is 5.78 Å². The van der Waals surface area contributed by atoms with E-state index in [-0.39, 0.29) is 5.78 Å². The highest BCUT2D eigenvalue weighted by atomic mass is 16.1. The van der Waals surface area contributed by atoms with Crippen molar-refractivity contribution in [3.05, 3.63) is 65.5 Å². The molecule has 1 aromatic heterocycles. The fraction of sp³-hybridized carbons (Fsp3) is 0.250. The van der Waals surface area contributed by atoms with Gasteiger partial charge in [-0.2, -0.15) is 0 Å². The minimum Gasteiger partial charge on any atom is -0.299 e. The summed E-state index contributed by atoms with van der Waals surface area (Å²) in [6, 6.07) is 12.0. The number of aryl methyl sites for hydroxylation is 2. The van der Waals surface area contributed by atoms with E-state index >= 15 is 0 Å². The second-order valence-corrected chi connectivity index (χ2v) is 4.50. The molecule has 0 saturated heterocycles. The average Bonchev–Trinajstić information content (AvgIpc) is 2.39. The first-order valence-electron chi connectivity index (χ1n) is 6.21. The van der Waals surface area contributed by atoms with Gasteiger partial charge in [0.2, 0.25) is 0 Å². The summed E-state index contributed by atoms with van der Waals surface area (Å²) in [5.74, 6) is 0.270. The average molecular weight is 239 g/mol. The molecule has 92 valence electrons. The molecule has 0 amide bonds. The lowest BCUT2D eigenvalue weighted by Crippen LogP contribution is -2.05. The van der Waals surface area contributed by atoms with Crippen molar-refractivity contribution < 1.29 is 4.79 Å². The summed E-state index contributed by atoms with van der Waals surface area (Å²) in [5, 5.41) is 0. The van der Waals surface area contributed by atoms with Gasteiger partial charge in [-0.1, -0.05) is 30.3 Å². The van der Waals surface area contributed by atoms with E-state index in [9.17, 15) is 4.79 Å². The number of carbonyl (C=O) groups excluding carboxylic acids is 1. The molecule has 2 heteroatoms. The fourth-order valence-electron chi connectivity index (χ4n) is 1.98. The van der Waals surface area contributed by atoms with Crippen molar-refractivity contribution in [3.63, 3.8) is 0 Å². The number of rotatable bonds is 5. The highest BCUT2D eigenvalue weighted by molar-refractivity contribution is 5.81. The molecule has 0 saturated carbocycles. The smallest absolute Gasteiger partial charge is 0.137 e. The maximum atomic E-state index is 11.9. The maximum absolute atomic E-state index is 11.9. The van der Waals surface area contributed by atoms with Gasteiger partial charge in [0, 0.05) is 25.2 Å². The minimum atomic E-state index is 0.270. The molecule has 0 spiro atoms. The zero-order valence-corrected chi connectivity index (χ0v) is 10.6. The van der Waals surface area contributed by atoms with Crippen LogP contribution >= 0.6 is 0 Å². The molecular weight excluding hydrogens is 222 g/mol. The second kappa shape index (κ2) is 6.10. The highest BCUT2D eigenvalue weighted by Gasteiger charge is 2.05. The van der Waals surface area contributed by atoms with E-state index < -0.39 is 0 Å². The Hall–Kier alpha value is -1.96. The molecule has 2 nitrogen and oxygen atoms in total. The molecule has 0 bridgehead atoms. The number of hydrogen-bond acceptors (Lipinski definition) is 2. The third kappa shape index (κ3) is 3.52. The van der Waals surface area contributed by atoms with Gasteiger partial charge in [0.05, 0.1) is 0 Å². The van der Waals surface area contributed by atoms with E-state index in [0.29, 0.717) is 12.8 Å². The van der Waals surface area contributed by atoms with Gasteiger partial charge >= 0.3 is 0 Å². The second-order valence-electron chi connectivity index (χ2n) is 4.50. The molecule has 0 unspecified atom stereocenters. The normalized spacial score (nSPS) is 10.3. The van der Waals surface area contributed by atoms with Crippen molar-refractivity contribution in [2.24, 2.45) is 0 Å². The van der Waals surface area contributed by atoms with E-state index in [0.717, 1.165) is 12.0 Å². The fourth-order valence-corrected chi connectivity index (χ4v) is 1.98. The van der Waals surface area contributed by atoms with Crippen LogP contribution in [0.4, 0.5) is 0 Å². The number of pyridine rings is 1. The Morgan fingerprint density at radius 2 is 2.00 bits per heavy atom. The SMILES string of the molecule is Cc1ccccc1CCC(=O)Cc1cccnc1. The summed E-state index contributed by atoms with van der Waals surface area (Å²) in [4.78, 5) is 15.9. The number of hydrogen-bond donors (Lipinski definition) is 0. The summed E-state index contributed by atoms with van der Waals surface area (Å²) in [5.41, 5.74) is 3.51. The number of nitrogens with zero attached hydrogens (tertiary/aromatic N) is 1. The summed E-state index contributed by atoms with van der Waals surface area (Å²) in [6.45, 7) is 2.08. The van der Waals surface area contributed by atoms with Crippen LogP contribution in [0.1, 0.15) is 23.1 Å². The molecule has 18 heavy (non-hydrogen) atoms. The Bertz CT molecular complexity index is 520. The van der Waals surface area contributed by atoms with E-state index in [1.54, 1.807) is 12.4 Å². The number of benzene rings is 1. The van der Waals surface area contributed by atoms with E-state index in [2.05, 4.69) is 24.0 Å². The number of ketones is 1. The van der Waals surface area contributed by atoms with Gasteiger partial charge in [0.15, 0.2) is 0 Å². The zero-order valence-electron chi connectivity index (χ0n) is 10.6. The summed E-state index contributed by atoms with van der Waals surface area (Å²) in [6.07, 6.45) is 5.39. The number of aromatic nitrogens is 1. The van der Waals surface area contributed by atoms with Crippen LogP contribution in [0.15, 0.2) is 48.8 Å². The van der Waals surface area contributed by atoms with Crippen LogP contribution in [0.5, 0.6) is 0 Å². The topological polar surface area (TPSA) is 30.0 Å². The Kier molecular flexibility index (Phi) is 4.24. The van der Waals surface area contributed by atoms with Crippen LogP contribution in [0, 0.1) is 6.92 Å². The van der Waals surface area contributed by atoms with Crippen LogP contribution in [0.2, 0.25) is 0 Å². The molecule has 0 fully saturated rings. The summed E-state index contributed by atoms with van der Waals surface area (Å²) < 4.78 is 0. The van der Waals surface area contributed by atoms with Gasteiger partial charge in [-0.25, -0.2) is 0 Å². The van der Waals surface area contributed by atoms with Crippen LogP contribution in [-0.2, 0) is 17.6 Å². The molecule has 0 radical (unpaired) electrons. The first-order chi connectivity index (χ1) is 8.75. The van der Waals surface area contributed by atoms with Crippen LogP contribution in [0.25, 0.3) is 0 Å². The molecule has 1 aromatic carbocycles. The number of Topliss-reactive ketones (excluding diaryl/α,β-unsaturated/α-hetero) is 1. The lowest BCUT2D eigenvalue weighted by atomic mass is 10.0. The molecule has 0 aliphatic heterocycles. The predicted molar refractivity (Wildman–Crippen MR) is 72.4 cm³/mol. The zero-order chi connectivity index (χ0) is 12.8. The third-order valence-corrected chi connectivity index (χ3v) is 3.06. The third-order valence-electron chi connectivity index (χ3n) is 3.06. The first-order valence-corrected chi connectivity index (χ1v) is 6.21. The predicted octanol–water partition coefficient (Wildman–Crippen LogP) is 3.13. The quantitative estimate of drug-likeness (QED) is 0.802. The Morgan fingerprint density at radius 1 is 1.17 bits per heavy atom. The standard InChI is InChI=1S/C16H17NO/c1-13-5-2-3-7-15(13)8-9-16(18)11-14-6-4-10-17-12-14/h2-7,10,12H,8-9,11H2,1H3. The molecule has 0 aliphatic rings. The van der Waals surface area contributed by atoms with Crippen LogP contribution < -0.4 is 0 Å². The van der Waals surface area contributed by atoms with Gasteiger partial charge in [0.1, 0.15) is 5.78 Å². The number of carbonyl (C=O) groups is 1. The van der Waals surface area contributed by atoms with Crippen LogP contribution in [-0.4, -0.2) is 10.8 Å². The van der Waals surface area contributed by atoms with Gasteiger partial charge in [-0.15, -0.1) is 0 Å². The highest BCUT2D eigenvalue weighted by Crippen LogP contribution is 2.10. The molecule has 2 rings (SSSR count). The van der Waals surface area contributed by atoms with Crippen molar-refractivity contribution in [2.75, 3.05) is 0 Å². The summed E-state index contributed by atoms with van der Waals surface area (Å²) in [7, 11) is 0. The van der Waals surface area contributed by atoms with E-state index in [1.165, 1.54) is 11.1 Å². The molecule has 0 atom stereocenters. The lowest BCUT2D eigenvalue weighted by molar-refractivity contribution is -0.118. The van der Waals surface area contributed by atoms with Crippen molar-refractivity contribution in [2.45, 2.75) is 26.2 Å². The van der Waals surface area contributed by atoms with Crippen LogP contribution in [0.3, 0.4) is 0 Å². The van der Waals surface area contributed by atoms with Gasteiger partial charge in [0.25, 0.3) is 0 Å². The Morgan fingerprint density at radius 3 is 2.72 bits per heavy atom. The van der Waals surface area contributed by atoms with Crippen molar-refractivity contribution in [1.82, 2.24) is 4.98 Å². The monoisotopic (exact) mass is 239 g/mol.